The third-order valence-corrected chi connectivity index (χ3v) is 11.2. The molecule has 4 fully saturated rings. The lowest BCUT2D eigenvalue weighted by Gasteiger charge is -2.29. The summed E-state index contributed by atoms with van der Waals surface area (Å²) in [7, 11) is 6.12. The SMILES string of the molecule is CCC(=O)Oc1c(OC)cc(CN2CC3CC(OC(=O)/C=C/C(=O)OC4CC5CC(C4)N(Cc4cc(OC)c(OC(=O)CC)c(OC)c4)C5)CC2C3)cc1OC. The van der Waals surface area contributed by atoms with Crippen LogP contribution in [-0.2, 0) is 41.7 Å². The van der Waals surface area contributed by atoms with Gasteiger partial charge in [-0.05, 0) is 85.8 Å². The molecule has 2 aromatic rings. The summed E-state index contributed by atoms with van der Waals surface area (Å²) in [5, 5.41) is 0. The number of carbonyl (C=O) groups is 4. The normalized spacial score (nSPS) is 24.4. The number of hydrogen-bond acceptors (Lipinski definition) is 14. The summed E-state index contributed by atoms with van der Waals surface area (Å²) in [5.41, 5.74) is 1.92. The minimum atomic E-state index is -0.553. The zero-order valence-corrected chi connectivity index (χ0v) is 33.2. The van der Waals surface area contributed by atoms with Crippen molar-refractivity contribution in [3.8, 4) is 34.5 Å². The number of likely N-dealkylation sites (tertiary alicyclic amines) is 2. The third kappa shape index (κ3) is 9.76. The minimum Gasteiger partial charge on any atom is -0.493 e. The molecule has 0 spiro atoms. The third-order valence-electron chi connectivity index (χ3n) is 11.2. The number of methoxy groups -OCH3 is 4. The molecule has 0 amide bonds. The van der Waals surface area contributed by atoms with E-state index in [1.54, 1.807) is 13.8 Å². The van der Waals surface area contributed by atoms with E-state index in [9.17, 15) is 19.2 Å². The quantitative estimate of drug-likeness (QED) is 0.122. The van der Waals surface area contributed by atoms with Gasteiger partial charge < -0.3 is 37.9 Å². The van der Waals surface area contributed by atoms with Crippen LogP contribution in [0.25, 0.3) is 0 Å². The fourth-order valence-corrected chi connectivity index (χ4v) is 8.77. The Morgan fingerprint density at radius 3 is 1.25 bits per heavy atom. The fourth-order valence-electron chi connectivity index (χ4n) is 8.77. The largest absolute Gasteiger partial charge is 0.493 e. The fraction of sp³-hybridized carbons (Fsp3) is 0.571. The molecule has 0 radical (unpaired) electrons. The summed E-state index contributed by atoms with van der Waals surface area (Å²) in [6.07, 6.45) is 7.24. The maximum atomic E-state index is 12.9. The lowest BCUT2D eigenvalue weighted by atomic mass is 9.88. The first-order valence-corrected chi connectivity index (χ1v) is 19.5. The Balaban J connectivity index is 0.976. The monoisotopic (exact) mass is 778 g/mol. The molecule has 2 saturated heterocycles. The van der Waals surface area contributed by atoms with Gasteiger partial charge in [0, 0.05) is 63.3 Å². The summed E-state index contributed by atoms with van der Waals surface area (Å²) < 4.78 is 44.8. The van der Waals surface area contributed by atoms with Crippen LogP contribution in [0.2, 0.25) is 0 Å². The van der Waals surface area contributed by atoms with Crippen molar-refractivity contribution in [3.63, 3.8) is 0 Å². The van der Waals surface area contributed by atoms with Gasteiger partial charge in [-0.15, -0.1) is 0 Å². The second-order valence-electron chi connectivity index (χ2n) is 15.1. The summed E-state index contributed by atoms with van der Waals surface area (Å²) in [6, 6.07) is 7.91. The highest BCUT2D eigenvalue weighted by atomic mass is 16.6. The molecule has 2 aromatic carbocycles. The van der Waals surface area contributed by atoms with Crippen LogP contribution >= 0.6 is 0 Å². The van der Waals surface area contributed by atoms with Crippen LogP contribution in [0.5, 0.6) is 34.5 Å². The molecule has 2 aliphatic carbocycles. The van der Waals surface area contributed by atoms with Gasteiger partial charge in [-0.1, -0.05) is 13.8 Å². The molecule has 6 unspecified atom stereocenters. The highest BCUT2D eigenvalue weighted by Crippen LogP contribution is 2.43. The summed E-state index contributed by atoms with van der Waals surface area (Å²) in [4.78, 5) is 54.4. The van der Waals surface area contributed by atoms with Crippen molar-refractivity contribution in [3.05, 3.63) is 47.5 Å². The number of rotatable bonds is 16. The van der Waals surface area contributed by atoms with Gasteiger partial charge in [0.15, 0.2) is 23.0 Å². The van der Waals surface area contributed by atoms with E-state index < -0.39 is 11.9 Å². The predicted molar refractivity (Wildman–Crippen MR) is 203 cm³/mol. The summed E-state index contributed by atoms with van der Waals surface area (Å²) in [6.45, 7) is 6.45. The molecule has 4 aliphatic rings. The van der Waals surface area contributed by atoms with E-state index in [-0.39, 0.29) is 60.6 Å². The Kier molecular flexibility index (Phi) is 13.4. The highest BCUT2D eigenvalue weighted by molar-refractivity contribution is 5.91. The predicted octanol–water partition coefficient (Wildman–Crippen LogP) is 5.40. The molecular weight excluding hydrogens is 724 g/mol. The Bertz CT molecular complexity index is 1620. The van der Waals surface area contributed by atoms with Gasteiger partial charge in [0.1, 0.15) is 12.2 Å². The van der Waals surface area contributed by atoms with Crippen molar-refractivity contribution < 1.29 is 57.1 Å². The molecule has 0 aromatic heterocycles. The first-order valence-electron chi connectivity index (χ1n) is 19.5. The van der Waals surface area contributed by atoms with Crippen LogP contribution in [0.4, 0.5) is 0 Å². The molecule has 0 N–H and O–H groups in total. The standard InChI is InChI=1S/C42H54N2O12/c1-7-37(45)55-41-33(49-3)15-27(16-34(41)50-4)23-43-21-25-11-29(43)19-31(13-25)53-39(47)9-10-40(48)54-32-14-26-12-30(20-32)44(22-26)24-28-17-35(51-5)42(36(18-28)52-6)56-38(46)8-2/h9-10,15-18,25-26,29-32H,7-8,11-14,19-24H2,1-6H3/b10-9+. The van der Waals surface area contributed by atoms with Crippen LogP contribution in [0, 0.1) is 11.8 Å². The van der Waals surface area contributed by atoms with Crippen LogP contribution in [-0.4, -0.2) is 99.5 Å². The van der Waals surface area contributed by atoms with Crippen LogP contribution in [0.15, 0.2) is 36.4 Å². The minimum absolute atomic E-state index is 0.227. The van der Waals surface area contributed by atoms with Crippen molar-refractivity contribution in [2.45, 2.75) is 103 Å². The number of carbonyl (C=O) groups excluding carboxylic acids is 4. The number of esters is 4. The van der Waals surface area contributed by atoms with E-state index in [1.807, 2.05) is 24.3 Å². The second kappa shape index (κ2) is 18.4. The maximum Gasteiger partial charge on any atom is 0.331 e. The van der Waals surface area contributed by atoms with Gasteiger partial charge in [0.05, 0.1) is 28.4 Å². The molecule has 4 bridgehead atoms. The van der Waals surface area contributed by atoms with Crippen molar-refractivity contribution in [2.24, 2.45) is 11.8 Å². The van der Waals surface area contributed by atoms with Crippen molar-refractivity contribution in [1.29, 1.82) is 0 Å². The molecule has 304 valence electrons. The Morgan fingerprint density at radius 2 is 0.929 bits per heavy atom. The molecule has 2 heterocycles. The zero-order valence-electron chi connectivity index (χ0n) is 33.2. The molecule has 14 nitrogen and oxygen atoms in total. The van der Waals surface area contributed by atoms with Gasteiger partial charge in [-0.2, -0.15) is 0 Å². The number of benzene rings is 2. The molecule has 6 rings (SSSR count). The number of fused-ring (bicyclic) bond motifs is 4. The smallest absolute Gasteiger partial charge is 0.331 e. The Hall–Kier alpha value is -4.82. The van der Waals surface area contributed by atoms with Gasteiger partial charge in [0.2, 0.25) is 11.5 Å². The van der Waals surface area contributed by atoms with Crippen molar-refractivity contribution >= 4 is 23.9 Å². The average molecular weight is 779 g/mol. The first kappa shape index (κ1) is 40.8. The van der Waals surface area contributed by atoms with Crippen LogP contribution in [0.1, 0.15) is 76.3 Å². The van der Waals surface area contributed by atoms with E-state index in [2.05, 4.69) is 9.80 Å². The van der Waals surface area contributed by atoms with E-state index in [1.165, 1.54) is 40.6 Å². The van der Waals surface area contributed by atoms with Gasteiger partial charge >= 0.3 is 23.9 Å². The van der Waals surface area contributed by atoms with Crippen LogP contribution in [0.3, 0.4) is 0 Å². The van der Waals surface area contributed by atoms with Crippen molar-refractivity contribution in [1.82, 2.24) is 9.80 Å². The van der Waals surface area contributed by atoms with E-state index in [0.29, 0.717) is 60.8 Å². The van der Waals surface area contributed by atoms with E-state index in [4.69, 9.17) is 37.9 Å². The van der Waals surface area contributed by atoms with Crippen molar-refractivity contribution in [2.75, 3.05) is 41.5 Å². The molecular formula is C42H54N2O12. The Labute approximate surface area is 328 Å². The maximum absolute atomic E-state index is 12.9. The number of hydrogen-bond donors (Lipinski definition) is 0. The lowest BCUT2D eigenvalue weighted by Crippen LogP contribution is -2.34. The zero-order chi connectivity index (χ0) is 39.9. The molecule has 6 atom stereocenters. The van der Waals surface area contributed by atoms with E-state index in [0.717, 1.165) is 49.9 Å². The van der Waals surface area contributed by atoms with Gasteiger partial charge in [-0.3, -0.25) is 19.4 Å². The molecule has 2 aliphatic heterocycles. The number of ether oxygens (including phenoxy) is 8. The number of nitrogens with zero attached hydrogens (tertiary/aromatic N) is 2. The molecule has 56 heavy (non-hydrogen) atoms. The van der Waals surface area contributed by atoms with Gasteiger partial charge in [0.25, 0.3) is 0 Å². The topological polar surface area (TPSA) is 149 Å². The molecule has 14 heteroatoms. The second-order valence-corrected chi connectivity index (χ2v) is 15.1. The Morgan fingerprint density at radius 1 is 0.571 bits per heavy atom. The van der Waals surface area contributed by atoms with Gasteiger partial charge in [-0.25, -0.2) is 9.59 Å². The summed E-state index contributed by atoms with van der Waals surface area (Å²) in [5.74, 6) is 1.14. The summed E-state index contributed by atoms with van der Waals surface area (Å²) >= 11 is 0. The highest BCUT2D eigenvalue weighted by Gasteiger charge is 2.42. The molecule has 2 saturated carbocycles. The van der Waals surface area contributed by atoms with E-state index >= 15 is 0 Å². The van der Waals surface area contributed by atoms with Crippen LogP contribution < -0.4 is 28.4 Å². The first-order chi connectivity index (χ1) is 27.0. The average Bonchev–Trinajstić information content (AvgIpc) is 3.64. The lowest BCUT2D eigenvalue weighted by molar-refractivity contribution is -0.148.